The van der Waals surface area contributed by atoms with Crippen molar-refractivity contribution in [2.45, 2.75) is 39.8 Å². The molecule has 148 valence electrons. The fourth-order valence-electron chi connectivity index (χ4n) is 3.28. The van der Waals surface area contributed by atoms with E-state index in [1.165, 1.54) is 5.56 Å². The van der Waals surface area contributed by atoms with E-state index in [9.17, 15) is 4.79 Å². The maximum atomic E-state index is 12.4. The molecule has 2 aromatic carbocycles. The van der Waals surface area contributed by atoms with Crippen LogP contribution >= 0.6 is 15.9 Å². The molecule has 0 radical (unpaired) electrons. The highest BCUT2D eigenvalue weighted by molar-refractivity contribution is 9.10. The molecule has 0 saturated heterocycles. The molecule has 3 rings (SSSR count). The third-order valence-electron chi connectivity index (χ3n) is 4.67. The summed E-state index contributed by atoms with van der Waals surface area (Å²) >= 11 is 3.54. The standard InChI is InChI=1S/C22H26BrN3O2/c1-4-26-14-17-13-18(23)10-11-19(17)24-21(26)20(12-15(2)3)25-28-22(27)16-8-6-5-7-9-16/h5-11,13,15,20,25H,4,12,14H2,1-3H3/t20-/m1/s1. The highest BCUT2D eigenvalue weighted by atomic mass is 79.9. The molecule has 6 heteroatoms. The number of carbonyl (C=O) groups is 1. The summed E-state index contributed by atoms with van der Waals surface area (Å²) in [6.45, 7) is 8.03. The zero-order valence-electron chi connectivity index (χ0n) is 16.5. The van der Waals surface area contributed by atoms with Gasteiger partial charge in [-0.3, -0.25) is 0 Å². The van der Waals surface area contributed by atoms with Gasteiger partial charge in [-0.1, -0.05) is 48.0 Å². The van der Waals surface area contributed by atoms with Gasteiger partial charge in [0.1, 0.15) is 11.9 Å². The number of carbonyl (C=O) groups excluding carboxylic acids is 1. The van der Waals surface area contributed by atoms with Crippen LogP contribution in [0.4, 0.5) is 5.69 Å². The zero-order valence-corrected chi connectivity index (χ0v) is 18.1. The molecule has 0 amide bonds. The van der Waals surface area contributed by atoms with Crippen LogP contribution < -0.4 is 5.48 Å². The van der Waals surface area contributed by atoms with Gasteiger partial charge in [-0.2, -0.15) is 0 Å². The summed E-state index contributed by atoms with van der Waals surface area (Å²) < 4.78 is 1.05. The number of nitrogens with zero attached hydrogens (tertiary/aromatic N) is 2. The summed E-state index contributed by atoms with van der Waals surface area (Å²) in [6, 6.07) is 15.0. The number of aliphatic imine (C=N–C) groups is 1. The van der Waals surface area contributed by atoms with Crippen molar-refractivity contribution in [2.75, 3.05) is 6.54 Å². The lowest BCUT2D eigenvalue weighted by Gasteiger charge is -2.34. The van der Waals surface area contributed by atoms with Gasteiger partial charge >= 0.3 is 5.97 Å². The van der Waals surface area contributed by atoms with Crippen LogP contribution in [0.25, 0.3) is 0 Å². The van der Waals surface area contributed by atoms with Gasteiger partial charge in [0.2, 0.25) is 0 Å². The summed E-state index contributed by atoms with van der Waals surface area (Å²) in [5, 5.41) is 0. The lowest BCUT2D eigenvalue weighted by molar-refractivity contribution is 0.0187. The Kier molecular flexibility index (Phi) is 6.86. The van der Waals surface area contributed by atoms with Gasteiger partial charge in [0.15, 0.2) is 0 Å². The van der Waals surface area contributed by atoms with Crippen LogP contribution in [0, 0.1) is 5.92 Å². The van der Waals surface area contributed by atoms with Gasteiger partial charge in [-0.25, -0.2) is 9.79 Å². The third-order valence-corrected chi connectivity index (χ3v) is 5.16. The van der Waals surface area contributed by atoms with E-state index in [0.717, 1.165) is 35.5 Å². The third kappa shape index (κ3) is 5.00. The minimum atomic E-state index is -0.391. The molecule has 1 atom stereocenters. The van der Waals surface area contributed by atoms with Crippen molar-refractivity contribution < 1.29 is 9.63 Å². The fourth-order valence-corrected chi connectivity index (χ4v) is 3.69. The summed E-state index contributed by atoms with van der Waals surface area (Å²) in [7, 11) is 0. The first kappa shape index (κ1) is 20.6. The van der Waals surface area contributed by atoms with Gasteiger partial charge in [-0.15, -0.1) is 5.48 Å². The number of amidine groups is 1. The molecule has 1 heterocycles. The van der Waals surface area contributed by atoms with Crippen molar-refractivity contribution in [3.05, 3.63) is 64.1 Å². The lowest BCUT2D eigenvalue weighted by Crippen LogP contribution is -2.48. The Morgan fingerprint density at radius 3 is 2.68 bits per heavy atom. The Bertz CT molecular complexity index is 852. The van der Waals surface area contributed by atoms with Crippen LogP contribution in [-0.4, -0.2) is 29.3 Å². The maximum absolute atomic E-state index is 12.4. The summed E-state index contributed by atoms with van der Waals surface area (Å²) in [5.74, 6) is 0.936. The highest BCUT2D eigenvalue weighted by Gasteiger charge is 2.28. The molecule has 1 aliphatic heterocycles. The normalized spacial score (nSPS) is 14.5. The van der Waals surface area contributed by atoms with E-state index in [-0.39, 0.29) is 6.04 Å². The Balaban J connectivity index is 1.83. The molecular weight excluding hydrogens is 418 g/mol. The average molecular weight is 444 g/mol. The van der Waals surface area contributed by atoms with E-state index in [1.54, 1.807) is 12.1 Å². The average Bonchev–Trinajstić information content (AvgIpc) is 2.70. The molecule has 0 aromatic heterocycles. The van der Waals surface area contributed by atoms with Crippen LogP contribution in [0.5, 0.6) is 0 Å². The molecule has 0 saturated carbocycles. The molecule has 5 nitrogen and oxygen atoms in total. The van der Waals surface area contributed by atoms with Crippen LogP contribution in [-0.2, 0) is 11.4 Å². The molecule has 0 spiro atoms. The number of nitrogens with one attached hydrogen (secondary N) is 1. The highest BCUT2D eigenvalue weighted by Crippen LogP contribution is 2.30. The quantitative estimate of drug-likeness (QED) is 0.605. The van der Waals surface area contributed by atoms with Crippen molar-refractivity contribution in [3.63, 3.8) is 0 Å². The number of hydrogen-bond acceptors (Lipinski definition) is 5. The second-order valence-electron chi connectivity index (χ2n) is 7.31. The van der Waals surface area contributed by atoms with Crippen molar-refractivity contribution in [1.82, 2.24) is 10.4 Å². The van der Waals surface area contributed by atoms with E-state index in [0.29, 0.717) is 11.5 Å². The van der Waals surface area contributed by atoms with Crippen molar-refractivity contribution >= 4 is 33.4 Å². The molecule has 28 heavy (non-hydrogen) atoms. The largest absolute Gasteiger partial charge is 0.366 e. The van der Waals surface area contributed by atoms with E-state index >= 15 is 0 Å². The first-order valence-electron chi connectivity index (χ1n) is 9.61. The molecule has 0 fully saturated rings. The first-order valence-corrected chi connectivity index (χ1v) is 10.4. The Morgan fingerprint density at radius 1 is 1.25 bits per heavy atom. The monoisotopic (exact) mass is 443 g/mol. The van der Waals surface area contributed by atoms with Crippen molar-refractivity contribution in [2.24, 2.45) is 10.9 Å². The molecule has 0 bridgehead atoms. The van der Waals surface area contributed by atoms with Gasteiger partial charge in [0.25, 0.3) is 0 Å². The second-order valence-corrected chi connectivity index (χ2v) is 8.23. The first-order chi connectivity index (χ1) is 13.5. The van der Waals surface area contributed by atoms with Crippen molar-refractivity contribution in [3.8, 4) is 0 Å². The van der Waals surface area contributed by atoms with E-state index in [2.05, 4.69) is 53.1 Å². The van der Waals surface area contributed by atoms with Gasteiger partial charge in [0.05, 0.1) is 11.3 Å². The topological polar surface area (TPSA) is 53.9 Å². The van der Waals surface area contributed by atoms with Crippen molar-refractivity contribution in [1.29, 1.82) is 0 Å². The number of likely N-dealkylation sites (N-methyl/N-ethyl adjacent to an activating group) is 1. The number of halogens is 1. The smallest absolute Gasteiger partial charge is 0.356 e. The molecule has 2 aromatic rings. The van der Waals surface area contributed by atoms with Crippen LogP contribution in [0.1, 0.15) is 43.1 Å². The molecular formula is C22H26BrN3O2. The molecule has 1 aliphatic rings. The zero-order chi connectivity index (χ0) is 20.1. The predicted octanol–water partition coefficient (Wildman–Crippen LogP) is 5.09. The molecule has 0 unspecified atom stereocenters. The number of hydrogen-bond donors (Lipinski definition) is 1. The number of hydroxylamine groups is 1. The van der Waals surface area contributed by atoms with Gasteiger partial charge < -0.3 is 9.74 Å². The number of benzene rings is 2. The maximum Gasteiger partial charge on any atom is 0.356 e. The fraction of sp³-hybridized carbons (Fsp3) is 0.364. The summed E-state index contributed by atoms with van der Waals surface area (Å²) in [4.78, 5) is 24.9. The van der Waals surface area contributed by atoms with Crippen LogP contribution in [0.15, 0.2) is 58.0 Å². The Morgan fingerprint density at radius 2 is 2.00 bits per heavy atom. The Labute approximate surface area is 174 Å². The summed E-state index contributed by atoms with van der Waals surface area (Å²) in [6.07, 6.45) is 0.809. The van der Waals surface area contributed by atoms with E-state index < -0.39 is 5.97 Å². The van der Waals surface area contributed by atoms with Crippen LogP contribution in [0.2, 0.25) is 0 Å². The van der Waals surface area contributed by atoms with E-state index in [4.69, 9.17) is 9.83 Å². The minimum absolute atomic E-state index is 0.176. The Hall–Kier alpha value is -2.18. The van der Waals surface area contributed by atoms with Crippen LogP contribution in [0.3, 0.4) is 0 Å². The lowest BCUT2D eigenvalue weighted by atomic mass is 10.0. The predicted molar refractivity (Wildman–Crippen MR) is 116 cm³/mol. The number of fused-ring (bicyclic) bond motifs is 1. The van der Waals surface area contributed by atoms with E-state index in [1.807, 2.05) is 30.3 Å². The molecule has 0 aliphatic carbocycles. The SMILES string of the molecule is CCN1Cc2cc(Br)ccc2N=C1[C@@H](CC(C)C)NOC(=O)c1ccccc1. The van der Waals surface area contributed by atoms with Gasteiger partial charge in [-0.05, 0) is 55.2 Å². The number of rotatable bonds is 7. The molecule has 1 N–H and O–H groups in total. The second kappa shape index (κ2) is 9.34. The minimum Gasteiger partial charge on any atom is -0.366 e. The van der Waals surface area contributed by atoms with Gasteiger partial charge in [0, 0.05) is 17.6 Å². The summed E-state index contributed by atoms with van der Waals surface area (Å²) in [5.41, 5.74) is 5.66.